The van der Waals surface area contributed by atoms with Gasteiger partial charge < -0.3 is 10.2 Å². The number of hydrogen-bond acceptors (Lipinski definition) is 3. The van der Waals surface area contributed by atoms with Gasteiger partial charge in [0.25, 0.3) is 0 Å². The van der Waals surface area contributed by atoms with Gasteiger partial charge in [-0.2, -0.15) is 0 Å². The maximum Gasteiger partial charge on any atom is 0.303 e. The normalized spacial score (nSPS) is 15.6. The first-order valence-electron chi connectivity index (χ1n) is 16.1. The molecule has 1 aliphatic heterocycles. The number of carboxylic acid groups (broad SMARTS) is 2. The van der Waals surface area contributed by atoms with Gasteiger partial charge in [-0.15, -0.1) is 0 Å². The Labute approximate surface area is 234 Å². The summed E-state index contributed by atoms with van der Waals surface area (Å²) in [5, 5.41) is 17.3. The number of unbranched alkanes of at least 4 members (excludes halogenated alkanes) is 18. The molecule has 1 aliphatic rings. The molecule has 0 amide bonds. The number of hydrogen-bond donors (Lipinski definition) is 2. The molecule has 5 nitrogen and oxygen atoms in total. The number of carbonyl (C=O) groups is 2. The van der Waals surface area contributed by atoms with Crippen molar-refractivity contribution in [3.63, 3.8) is 0 Å². The molecule has 1 heterocycles. The molecular formula is C33H59NO4. The highest BCUT2D eigenvalue weighted by Crippen LogP contribution is 2.31. The van der Waals surface area contributed by atoms with E-state index in [1.165, 1.54) is 133 Å². The second kappa shape index (κ2) is 23.3. The second-order valence-corrected chi connectivity index (χ2v) is 11.7. The summed E-state index contributed by atoms with van der Waals surface area (Å²) in [6.07, 6.45) is 28.9. The van der Waals surface area contributed by atoms with Crippen LogP contribution in [0.3, 0.4) is 0 Å². The highest BCUT2D eigenvalue weighted by molar-refractivity contribution is 5.86. The Hall–Kier alpha value is -1.65. The third-order valence-corrected chi connectivity index (χ3v) is 8.25. The highest BCUT2D eigenvalue weighted by atomic mass is 16.4. The fourth-order valence-electron chi connectivity index (χ4n) is 5.73. The zero-order valence-corrected chi connectivity index (χ0v) is 24.9. The van der Waals surface area contributed by atoms with Crippen molar-refractivity contribution in [3.05, 3.63) is 11.3 Å². The van der Waals surface area contributed by atoms with Crippen molar-refractivity contribution in [2.75, 3.05) is 0 Å². The molecule has 1 rings (SSSR count). The monoisotopic (exact) mass is 533 g/mol. The van der Waals surface area contributed by atoms with Crippen molar-refractivity contribution in [1.82, 2.24) is 0 Å². The van der Waals surface area contributed by atoms with Gasteiger partial charge in [0.1, 0.15) is 0 Å². The zero-order valence-electron chi connectivity index (χ0n) is 24.9. The Balaban J connectivity index is 2.00. The van der Waals surface area contributed by atoms with E-state index >= 15 is 0 Å². The van der Waals surface area contributed by atoms with Gasteiger partial charge in [0.15, 0.2) is 0 Å². The summed E-state index contributed by atoms with van der Waals surface area (Å²) in [5.41, 5.74) is 4.23. The van der Waals surface area contributed by atoms with E-state index in [1.807, 2.05) is 0 Å². The van der Waals surface area contributed by atoms with Gasteiger partial charge in [-0.3, -0.25) is 14.6 Å². The van der Waals surface area contributed by atoms with E-state index in [0.29, 0.717) is 18.8 Å². The van der Waals surface area contributed by atoms with Crippen molar-refractivity contribution in [1.29, 1.82) is 0 Å². The van der Waals surface area contributed by atoms with Crippen molar-refractivity contribution in [2.24, 2.45) is 10.9 Å². The largest absolute Gasteiger partial charge is 0.481 e. The minimum atomic E-state index is -0.667. The van der Waals surface area contributed by atoms with Crippen LogP contribution in [0.5, 0.6) is 0 Å². The molecule has 2 N–H and O–H groups in total. The topological polar surface area (TPSA) is 87.0 Å². The Kier molecular flexibility index (Phi) is 21.0. The maximum absolute atomic E-state index is 10.5. The molecule has 220 valence electrons. The van der Waals surface area contributed by atoms with Crippen LogP contribution in [0.1, 0.15) is 174 Å². The van der Waals surface area contributed by atoms with Crippen LogP contribution < -0.4 is 0 Å². The molecule has 38 heavy (non-hydrogen) atoms. The summed E-state index contributed by atoms with van der Waals surface area (Å²) in [6, 6.07) is 0. The van der Waals surface area contributed by atoms with E-state index in [0.717, 1.165) is 25.7 Å². The zero-order chi connectivity index (χ0) is 27.8. The SMILES string of the molecule is CC1=NC(C)=C(CCCCCCCCCCCCC(=O)O)CC1CCCCCCCCCCCCC(=O)O. The van der Waals surface area contributed by atoms with Crippen LogP contribution in [-0.2, 0) is 9.59 Å². The molecule has 0 aromatic carbocycles. The van der Waals surface area contributed by atoms with Gasteiger partial charge in [-0.1, -0.05) is 109 Å². The molecule has 1 atom stereocenters. The Morgan fingerprint density at radius 3 is 1.39 bits per heavy atom. The Bertz CT molecular complexity index is 697. The Morgan fingerprint density at radius 2 is 0.974 bits per heavy atom. The van der Waals surface area contributed by atoms with Gasteiger partial charge in [0, 0.05) is 30.2 Å². The van der Waals surface area contributed by atoms with Gasteiger partial charge in [0.05, 0.1) is 0 Å². The molecule has 0 fully saturated rings. The second-order valence-electron chi connectivity index (χ2n) is 11.7. The van der Waals surface area contributed by atoms with Crippen LogP contribution in [0.25, 0.3) is 0 Å². The van der Waals surface area contributed by atoms with Gasteiger partial charge >= 0.3 is 11.9 Å². The van der Waals surface area contributed by atoms with E-state index in [-0.39, 0.29) is 0 Å². The maximum atomic E-state index is 10.5. The molecule has 0 aromatic rings. The van der Waals surface area contributed by atoms with Gasteiger partial charge in [0.2, 0.25) is 0 Å². The number of nitrogens with zero attached hydrogens (tertiary/aromatic N) is 1. The first kappa shape index (κ1) is 34.4. The summed E-state index contributed by atoms with van der Waals surface area (Å²) in [4.78, 5) is 26.0. The molecule has 0 bridgehead atoms. The lowest BCUT2D eigenvalue weighted by molar-refractivity contribution is -0.138. The van der Waals surface area contributed by atoms with Crippen LogP contribution in [0.15, 0.2) is 16.3 Å². The lowest BCUT2D eigenvalue weighted by Crippen LogP contribution is -2.17. The molecule has 5 heteroatoms. The van der Waals surface area contributed by atoms with Crippen molar-refractivity contribution in [2.45, 2.75) is 174 Å². The third kappa shape index (κ3) is 19.4. The highest BCUT2D eigenvalue weighted by Gasteiger charge is 2.20. The Morgan fingerprint density at radius 1 is 0.605 bits per heavy atom. The van der Waals surface area contributed by atoms with E-state index in [1.54, 1.807) is 5.57 Å². The molecule has 0 saturated heterocycles. The first-order valence-corrected chi connectivity index (χ1v) is 16.1. The van der Waals surface area contributed by atoms with E-state index < -0.39 is 11.9 Å². The van der Waals surface area contributed by atoms with Gasteiger partial charge in [-0.25, -0.2) is 0 Å². The van der Waals surface area contributed by atoms with Crippen LogP contribution >= 0.6 is 0 Å². The third-order valence-electron chi connectivity index (χ3n) is 8.25. The molecule has 0 saturated carbocycles. The van der Waals surface area contributed by atoms with Crippen LogP contribution in [0.2, 0.25) is 0 Å². The van der Waals surface area contributed by atoms with Crippen LogP contribution in [0, 0.1) is 5.92 Å². The first-order chi connectivity index (χ1) is 18.4. The van der Waals surface area contributed by atoms with Crippen molar-refractivity contribution >= 4 is 17.7 Å². The minimum absolute atomic E-state index is 0.323. The number of allylic oxidation sites excluding steroid dienone is 2. The number of carboxylic acids is 2. The minimum Gasteiger partial charge on any atom is -0.481 e. The average molecular weight is 534 g/mol. The fraction of sp³-hybridized carbons (Fsp3) is 0.848. The van der Waals surface area contributed by atoms with Crippen LogP contribution in [-0.4, -0.2) is 27.9 Å². The lowest BCUT2D eigenvalue weighted by Gasteiger charge is -2.24. The fourth-order valence-corrected chi connectivity index (χ4v) is 5.73. The molecule has 0 spiro atoms. The lowest BCUT2D eigenvalue weighted by atomic mass is 9.85. The molecular weight excluding hydrogens is 474 g/mol. The summed E-state index contributed by atoms with van der Waals surface area (Å²) in [5.74, 6) is -0.685. The smallest absolute Gasteiger partial charge is 0.303 e. The number of aliphatic carboxylic acids is 2. The average Bonchev–Trinajstić information content (AvgIpc) is 2.87. The molecule has 1 unspecified atom stereocenters. The van der Waals surface area contributed by atoms with E-state index in [2.05, 4.69) is 13.8 Å². The number of aliphatic imine (C=N–C) groups is 1. The molecule has 0 aromatic heterocycles. The quantitative estimate of drug-likeness (QED) is 0.108. The standard InChI is InChI=1S/C33H59NO4/c1-28-30(23-19-15-11-7-3-5-9-13-17-21-25-32(35)36)27-31(29(2)34-28)24-20-16-12-8-4-6-10-14-18-22-26-33(37)38/h30H,3-27H2,1-2H3,(H,35,36)(H,37,38). The van der Waals surface area contributed by atoms with E-state index in [9.17, 15) is 9.59 Å². The summed E-state index contributed by atoms with van der Waals surface area (Å²) >= 11 is 0. The predicted octanol–water partition coefficient (Wildman–Crippen LogP) is 10.3. The molecule has 0 radical (unpaired) electrons. The predicted molar refractivity (Wildman–Crippen MR) is 160 cm³/mol. The summed E-state index contributed by atoms with van der Waals surface area (Å²) in [6.45, 7) is 4.44. The van der Waals surface area contributed by atoms with Gasteiger partial charge in [-0.05, 0) is 57.9 Å². The van der Waals surface area contributed by atoms with E-state index in [4.69, 9.17) is 15.2 Å². The molecule has 0 aliphatic carbocycles. The van der Waals surface area contributed by atoms with Crippen molar-refractivity contribution < 1.29 is 19.8 Å². The van der Waals surface area contributed by atoms with Crippen LogP contribution in [0.4, 0.5) is 0 Å². The number of rotatable bonds is 26. The van der Waals surface area contributed by atoms with Crippen molar-refractivity contribution in [3.8, 4) is 0 Å². The summed E-state index contributed by atoms with van der Waals surface area (Å²) in [7, 11) is 0. The summed E-state index contributed by atoms with van der Waals surface area (Å²) < 4.78 is 0.